The monoisotopic (exact) mass is 150 g/mol. The number of hydrogen-bond donors (Lipinski definition) is 1. The molecule has 1 aliphatic rings. The van der Waals surface area contributed by atoms with Crippen molar-refractivity contribution in [2.24, 2.45) is 0 Å². The minimum Gasteiger partial charge on any atom is -0.202 e. The quantitative estimate of drug-likeness (QED) is 0.533. The molecule has 0 atom stereocenters. The summed E-state index contributed by atoms with van der Waals surface area (Å²) >= 11 is 0. The first kappa shape index (κ1) is 6.98. The molecule has 1 N–H and O–H groups in total. The molecule has 1 fully saturated rings. The van der Waals surface area contributed by atoms with E-state index in [4.69, 9.17) is 0 Å². The van der Waals surface area contributed by atoms with Gasteiger partial charge in [-0.1, -0.05) is 6.92 Å². The summed E-state index contributed by atoms with van der Waals surface area (Å²) in [5.74, 6) is 0. The number of rotatable bonds is 3. The summed E-state index contributed by atoms with van der Waals surface area (Å²) in [5.41, 5.74) is 0. The Labute approximate surface area is 55.0 Å². The van der Waals surface area contributed by atoms with Gasteiger partial charge in [-0.2, -0.15) is 12.7 Å². The normalized spacial score (nSPS) is 20.1. The number of nitrogens with one attached hydrogen (secondary N) is 1. The van der Waals surface area contributed by atoms with Crippen LogP contribution in [0.3, 0.4) is 0 Å². The second-order valence-electron chi connectivity index (χ2n) is 1.90. The van der Waals surface area contributed by atoms with Crippen molar-refractivity contribution in [2.75, 3.05) is 19.6 Å². The van der Waals surface area contributed by atoms with E-state index in [1.807, 2.05) is 0 Å². The Morgan fingerprint density at radius 2 is 2.11 bits per heavy atom. The molecule has 1 heterocycles. The van der Waals surface area contributed by atoms with Crippen LogP contribution in [0.4, 0.5) is 0 Å². The second kappa shape index (κ2) is 2.24. The Hall–Kier alpha value is -0.130. The maximum absolute atomic E-state index is 10.8. The van der Waals surface area contributed by atoms with Gasteiger partial charge < -0.3 is 0 Å². The fraction of sp³-hybridized carbons (Fsp3) is 1.00. The minimum absolute atomic E-state index is 0.471. The van der Waals surface area contributed by atoms with Gasteiger partial charge in [-0.05, 0) is 0 Å². The van der Waals surface area contributed by atoms with Gasteiger partial charge in [0.2, 0.25) is 0 Å². The first-order valence-electron chi connectivity index (χ1n) is 2.91. The van der Waals surface area contributed by atoms with Gasteiger partial charge in [0.1, 0.15) is 0 Å². The first-order valence-corrected chi connectivity index (χ1v) is 4.35. The van der Waals surface area contributed by atoms with Gasteiger partial charge in [0, 0.05) is 19.6 Å². The maximum Gasteiger partial charge on any atom is 0.279 e. The zero-order chi connectivity index (χ0) is 6.91. The lowest BCUT2D eigenvalue weighted by molar-refractivity contribution is 0.549. The predicted molar refractivity (Wildman–Crippen MR) is 34.2 cm³/mol. The van der Waals surface area contributed by atoms with Crippen LogP contribution in [0.5, 0.6) is 0 Å². The lowest BCUT2D eigenvalue weighted by atomic mass is 10.8. The van der Waals surface area contributed by atoms with Crippen molar-refractivity contribution in [1.29, 1.82) is 0 Å². The molecule has 0 amide bonds. The molecule has 4 nitrogen and oxygen atoms in total. The molecule has 0 aromatic heterocycles. The molecule has 0 bridgehead atoms. The van der Waals surface area contributed by atoms with Crippen LogP contribution in [0.2, 0.25) is 0 Å². The fourth-order valence-electron chi connectivity index (χ4n) is 0.555. The van der Waals surface area contributed by atoms with Crippen molar-refractivity contribution in [1.82, 2.24) is 9.03 Å². The summed E-state index contributed by atoms with van der Waals surface area (Å²) < 4.78 is 25.4. The third kappa shape index (κ3) is 1.64. The average molecular weight is 150 g/mol. The third-order valence-corrected chi connectivity index (χ3v) is 2.77. The van der Waals surface area contributed by atoms with Crippen molar-refractivity contribution < 1.29 is 8.42 Å². The highest BCUT2D eigenvalue weighted by Gasteiger charge is 2.30. The third-order valence-electron chi connectivity index (χ3n) is 1.07. The standard InChI is InChI=1S/C4H10N2O2S/c1-2-5-9(7,8)6-3-4-6/h5H,2-4H2,1H3. The molecule has 1 saturated heterocycles. The molecule has 0 saturated carbocycles. The Morgan fingerprint density at radius 3 is 2.44 bits per heavy atom. The van der Waals surface area contributed by atoms with Gasteiger partial charge in [0.15, 0.2) is 0 Å². The molecule has 1 aliphatic heterocycles. The Bertz CT molecular complexity index is 183. The van der Waals surface area contributed by atoms with E-state index in [1.54, 1.807) is 6.92 Å². The molecule has 54 valence electrons. The van der Waals surface area contributed by atoms with E-state index in [1.165, 1.54) is 4.31 Å². The van der Waals surface area contributed by atoms with Gasteiger partial charge in [-0.15, -0.1) is 0 Å². The summed E-state index contributed by atoms with van der Waals surface area (Å²) in [6.07, 6.45) is 0. The molecule has 9 heavy (non-hydrogen) atoms. The molecule has 1 rings (SSSR count). The lowest BCUT2D eigenvalue weighted by Gasteiger charge is -2.01. The Kier molecular flexibility index (Phi) is 1.74. The highest BCUT2D eigenvalue weighted by Crippen LogP contribution is 2.08. The molecule has 0 spiro atoms. The van der Waals surface area contributed by atoms with Gasteiger partial charge >= 0.3 is 0 Å². The molecule has 0 aromatic carbocycles. The average Bonchev–Trinajstić information content (AvgIpc) is 2.41. The summed E-state index contributed by atoms with van der Waals surface area (Å²) in [4.78, 5) is 0. The van der Waals surface area contributed by atoms with Crippen molar-refractivity contribution in [3.8, 4) is 0 Å². The molecular weight excluding hydrogens is 140 g/mol. The van der Waals surface area contributed by atoms with Crippen LogP contribution in [-0.4, -0.2) is 32.4 Å². The Morgan fingerprint density at radius 1 is 1.56 bits per heavy atom. The van der Waals surface area contributed by atoms with Crippen LogP contribution < -0.4 is 4.72 Å². The number of nitrogens with zero attached hydrogens (tertiary/aromatic N) is 1. The van der Waals surface area contributed by atoms with E-state index in [-0.39, 0.29) is 0 Å². The number of hydrogen-bond acceptors (Lipinski definition) is 2. The summed E-state index contributed by atoms with van der Waals surface area (Å²) in [5, 5.41) is 0. The Balaban J connectivity index is 2.51. The van der Waals surface area contributed by atoms with Crippen LogP contribution in [0.1, 0.15) is 6.92 Å². The zero-order valence-electron chi connectivity index (χ0n) is 5.29. The molecule has 0 radical (unpaired) electrons. The van der Waals surface area contributed by atoms with E-state index in [9.17, 15) is 8.42 Å². The van der Waals surface area contributed by atoms with E-state index in [2.05, 4.69) is 4.72 Å². The van der Waals surface area contributed by atoms with Crippen molar-refractivity contribution in [2.45, 2.75) is 6.92 Å². The molecule has 0 aliphatic carbocycles. The molecule has 5 heteroatoms. The predicted octanol–water partition coefficient (Wildman–Crippen LogP) is -0.844. The summed E-state index contributed by atoms with van der Waals surface area (Å²) in [6.45, 7) is 3.59. The fourth-order valence-corrected chi connectivity index (χ4v) is 1.66. The highest BCUT2D eigenvalue weighted by molar-refractivity contribution is 7.87. The van der Waals surface area contributed by atoms with Gasteiger partial charge in [-0.25, -0.2) is 4.72 Å². The largest absolute Gasteiger partial charge is 0.279 e. The van der Waals surface area contributed by atoms with Crippen molar-refractivity contribution in [3.05, 3.63) is 0 Å². The van der Waals surface area contributed by atoms with Gasteiger partial charge in [0.05, 0.1) is 0 Å². The van der Waals surface area contributed by atoms with Crippen molar-refractivity contribution >= 4 is 10.2 Å². The van der Waals surface area contributed by atoms with Crippen LogP contribution in [0, 0.1) is 0 Å². The van der Waals surface area contributed by atoms with Gasteiger partial charge in [-0.3, -0.25) is 0 Å². The first-order chi connectivity index (χ1) is 4.17. The van der Waals surface area contributed by atoms with E-state index in [0.29, 0.717) is 19.6 Å². The van der Waals surface area contributed by atoms with Crippen LogP contribution in [0.25, 0.3) is 0 Å². The van der Waals surface area contributed by atoms with E-state index >= 15 is 0 Å². The smallest absolute Gasteiger partial charge is 0.202 e. The summed E-state index contributed by atoms with van der Waals surface area (Å²) in [6, 6.07) is 0. The van der Waals surface area contributed by atoms with Crippen LogP contribution in [0.15, 0.2) is 0 Å². The van der Waals surface area contributed by atoms with Gasteiger partial charge in [0.25, 0.3) is 10.2 Å². The zero-order valence-corrected chi connectivity index (χ0v) is 6.11. The lowest BCUT2D eigenvalue weighted by Crippen LogP contribution is -2.29. The topological polar surface area (TPSA) is 49.2 Å². The molecular formula is C4H10N2O2S. The van der Waals surface area contributed by atoms with Crippen LogP contribution in [-0.2, 0) is 10.2 Å². The highest BCUT2D eigenvalue weighted by atomic mass is 32.2. The molecule has 0 unspecified atom stereocenters. The minimum atomic E-state index is -3.05. The van der Waals surface area contributed by atoms with E-state index in [0.717, 1.165) is 0 Å². The SMILES string of the molecule is CCNS(=O)(=O)N1CC1. The summed E-state index contributed by atoms with van der Waals surface area (Å²) in [7, 11) is -3.05. The second-order valence-corrected chi connectivity index (χ2v) is 3.66. The van der Waals surface area contributed by atoms with E-state index < -0.39 is 10.2 Å². The van der Waals surface area contributed by atoms with Crippen molar-refractivity contribution in [3.63, 3.8) is 0 Å². The van der Waals surface area contributed by atoms with Crippen LogP contribution >= 0.6 is 0 Å². The maximum atomic E-state index is 10.8. The molecule has 0 aromatic rings.